The topological polar surface area (TPSA) is 59.0 Å². The maximum atomic E-state index is 12.1. The van der Waals surface area contributed by atoms with Crippen molar-refractivity contribution >= 4 is 5.91 Å². The lowest BCUT2D eigenvalue weighted by molar-refractivity contribution is 0.0953. The summed E-state index contributed by atoms with van der Waals surface area (Å²) in [5, 5.41) is 5.97. The maximum Gasteiger partial charge on any atom is 0.272 e. The molecule has 2 aromatic rings. The van der Waals surface area contributed by atoms with Crippen molar-refractivity contribution < 1.29 is 4.79 Å². The standard InChI is InChI=1S/C15H14N4O/c1-2-7-17-15(20)14-13-9-16-8-11-5-3-4-6-12(11)19(13)10-18-14/h1,3-6,10,16H,7-9H2,(H,17,20). The maximum absolute atomic E-state index is 12.1. The Morgan fingerprint density at radius 2 is 2.30 bits per heavy atom. The third-order valence-corrected chi connectivity index (χ3v) is 3.29. The number of rotatable bonds is 2. The number of para-hydroxylation sites is 1. The van der Waals surface area contributed by atoms with E-state index in [1.165, 1.54) is 5.56 Å². The number of hydrogen-bond donors (Lipinski definition) is 2. The van der Waals surface area contributed by atoms with Crippen LogP contribution in [0.1, 0.15) is 21.7 Å². The molecule has 3 rings (SSSR count). The van der Waals surface area contributed by atoms with Crippen LogP contribution in [0.3, 0.4) is 0 Å². The summed E-state index contributed by atoms with van der Waals surface area (Å²) in [6.07, 6.45) is 6.84. The van der Waals surface area contributed by atoms with Crippen LogP contribution in [0.2, 0.25) is 0 Å². The lowest BCUT2D eigenvalue weighted by atomic mass is 10.2. The van der Waals surface area contributed by atoms with E-state index in [4.69, 9.17) is 6.42 Å². The summed E-state index contributed by atoms with van der Waals surface area (Å²) in [6.45, 7) is 1.56. The molecule has 0 bridgehead atoms. The van der Waals surface area contributed by atoms with E-state index >= 15 is 0 Å². The Morgan fingerprint density at radius 1 is 1.45 bits per heavy atom. The van der Waals surface area contributed by atoms with E-state index < -0.39 is 0 Å². The Morgan fingerprint density at radius 3 is 3.15 bits per heavy atom. The van der Waals surface area contributed by atoms with Gasteiger partial charge in [-0.2, -0.15) is 0 Å². The van der Waals surface area contributed by atoms with Gasteiger partial charge in [-0.1, -0.05) is 24.1 Å². The molecule has 1 aromatic heterocycles. The molecule has 0 saturated carbocycles. The van der Waals surface area contributed by atoms with Crippen molar-refractivity contribution in [2.75, 3.05) is 6.54 Å². The Kier molecular flexibility index (Phi) is 3.23. The van der Waals surface area contributed by atoms with E-state index in [0.717, 1.165) is 17.9 Å². The summed E-state index contributed by atoms with van der Waals surface area (Å²) < 4.78 is 1.96. The van der Waals surface area contributed by atoms with Crippen LogP contribution < -0.4 is 10.6 Å². The first-order valence-electron chi connectivity index (χ1n) is 6.38. The summed E-state index contributed by atoms with van der Waals surface area (Å²) in [7, 11) is 0. The van der Waals surface area contributed by atoms with Gasteiger partial charge in [0.1, 0.15) is 6.33 Å². The van der Waals surface area contributed by atoms with Crippen LogP contribution >= 0.6 is 0 Å². The van der Waals surface area contributed by atoms with E-state index in [9.17, 15) is 4.79 Å². The van der Waals surface area contributed by atoms with Crippen molar-refractivity contribution in [1.29, 1.82) is 0 Å². The van der Waals surface area contributed by atoms with Crippen LogP contribution in [0.25, 0.3) is 5.69 Å². The molecule has 20 heavy (non-hydrogen) atoms. The van der Waals surface area contributed by atoms with Crippen LogP contribution in [0.4, 0.5) is 0 Å². The quantitative estimate of drug-likeness (QED) is 0.792. The average molecular weight is 266 g/mol. The number of carbonyl (C=O) groups excluding carboxylic acids is 1. The van der Waals surface area contributed by atoms with E-state index in [2.05, 4.69) is 27.6 Å². The van der Waals surface area contributed by atoms with E-state index in [1.807, 2.05) is 22.8 Å². The van der Waals surface area contributed by atoms with E-state index in [-0.39, 0.29) is 12.5 Å². The van der Waals surface area contributed by atoms with Crippen molar-refractivity contribution in [3.63, 3.8) is 0 Å². The molecule has 1 aliphatic heterocycles. The van der Waals surface area contributed by atoms with Crippen LogP contribution in [0, 0.1) is 12.3 Å². The number of fused-ring (bicyclic) bond motifs is 3. The lowest BCUT2D eigenvalue weighted by Gasteiger charge is -2.08. The predicted octanol–water partition coefficient (Wildman–Crippen LogP) is 0.838. The molecule has 0 radical (unpaired) electrons. The van der Waals surface area contributed by atoms with Gasteiger partial charge in [0.15, 0.2) is 5.69 Å². The second-order valence-corrected chi connectivity index (χ2v) is 4.53. The smallest absolute Gasteiger partial charge is 0.272 e. The Balaban J connectivity index is 2.03. The van der Waals surface area contributed by atoms with Crippen molar-refractivity contribution in [1.82, 2.24) is 20.2 Å². The molecule has 0 saturated heterocycles. The highest BCUT2D eigenvalue weighted by atomic mass is 16.1. The first-order valence-corrected chi connectivity index (χ1v) is 6.38. The predicted molar refractivity (Wildman–Crippen MR) is 75.3 cm³/mol. The molecule has 0 aliphatic carbocycles. The molecular weight excluding hydrogens is 252 g/mol. The summed E-state index contributed by atoms with van der Waals surface area (Å²) in [5.74, 6) is 2.15. The summed E-state index contributed by atoms with van der Waals surface area (Å²) in [6, 6.07) is 8.07. The van der Waals surface area contributed by atoms with Crippen LogP contribution in [0.15, 0.2) is 30.6 Å². The minimum atomic E-state index is -0.238. The highest BCUT2D eigenvalue weighted by Gasteiger charge is 2.21. The highest BCUT2D eigenvalue weighted by Crippen LogP contribution is 2.21. The molecule has 0 fully saturated rings. The average Bonchev–Trinajstić information content (AvgIpc) is 2.80. The van der Waals surface area contributed by atoms with E-state index in [1.54, 1.807) is 6.33 Å². The molecule has 5 nitrogen and oxygen atoms in total. The molecule has 1 aliphatic rings. The van der Waals surface area contributed by atoms with Crippen molar-refractivity contribution in [3.8, 4) is 18.0 Å². The number of terminal acetylenes is 1. The van der Waals surface area contributed by atoms with Crippen molar-refractivity contribution in [2.45, 2.75) is 13.1 Å². The fourth-order valence-electron chi connectivity index (χ4n) is 2.37. The van der Waals surface area contributed by atoms with Gasteiger partial charge >= 0.3 is 0 Å². The van der Waals surface area contributed by atoms with Crippen LogP contribution in [0.5, 0.6) is 0 Å². The van der Waals surface area contributed by atoms with Gasteiger partial charge < -0.3 is 15.2 Å². The number of benzene rings is 1. The monoisotopic (exact) mass is 266 g/mol. The van der Waals surface area contributed by atoms with Gasteiger partial charge in [-0.05, 0) is 11.6 Å². The third-order valence-electron chi connectivity index (χ3n) is 3.29. The number of hydrogen-bond acceptors (Lipinski definition) is 3. The SMILES string of the molecule is C#CCNC(=O)c1ncn2c1CNCc1ccccc1-2. The number of nitrogens with one attached hydrogen (secondary N) is 2. The molecule has 2 N–H and O–H groups in total. The Bertz CT molecular complexity index is 696. The van der Waals surface area contributed by atoms with E-state index in [0.29, 0.717) is 12.2 Å². The fraction of sp³-hybridized carbons (Fsp3) is 0.200. The van der Waals surface area contributed by atoms with Crippen LogP contribution in [-0.2, 0) is 13.1 Å². The minimum absolute atomic E-state index is 0.204. The fourth-order valence-corrected chi connectivity index (χ4v) is 2.37. The Labute approximate surface area is 117 Å². The zero-order chi connectivity index (χ0) is 13.9. The van der Waals surface area contributed by atoms with Gasteiger partial charge in [0.05, 0.1) is 17.9 Å². The first kappa shape index (κ1) is 12.5. The molecule has 5 heteroatoms. The molecule has 1 amide bonds. The number of imidazole rings is 1. The number of carbonyl (C=O) groups is 1. The zero-order valence-corrected chi connectivity index (χ0v) is 10.9. The van der Waals surface area contributed by atoms with Crippen LogP contribution in [-0.4, -0.2) is 22.0 Å². The van der Waals surface area contributed by atoms with Crippen molar-refractivity contribution in [2.24, 2.45) is 0 Å². The summed E-state index contributed by atoms with van der Waals surface area (Å²) >= 11 is 0. The van der Waals surface area contributed by atoms with Gasteiger partial charge in [0.25, 0.3) is 5.91 Å². The number of aromatic nitrogens is 2. The molecule has 0 unspecified atom stereocenters. The lowest BCUT2D eigenvalue weighted by Crippen LogP contribution is -2.26. The zero-order valence-electron chi connectivity index (χ0n) is 10.9. The largest absolute Gasteiger partial charge is 0.340 e. The van der Waals surface area contributed by atoms with Gasteiger partial charge in [0.2, 0.25) is 0 Å². The van der Waals surface area contributed by atoms with Gasteiger partial charge in [-0.3, -0.25) is 4.79 Å². The number of amides is 1. The van der Waals surface area contributed by atoms with Gasteiger partial charge in [-0.15, -0.1) is 6.42 Å². The molecule has 1 aromatic carbocycles. The second-order valence-electron chi connectivity index (χ2n) is 4.53. The third kappa shape index (κ3) is 2.06. The molecule has 0 spiro atoms. The second kappa shape index (κ2) is 5.19. The summed E-state index contributed by atoms with van der Waals surface area (Å²) in [4.78, 5) is 16.3. The molecule has 0 atom stereocenters. The minimum Gasteiger partial charge on any atom is -0.340 e. The van der Waals surface area contributed by atoms with Crippen molar-refractivity contribution in [3.05, 3.63) is 47.5 Å². The highest BCUT2D eigenvalue weighted by molar-refractivity contribution is 5.93. The molecule has 2 heterocycles. The Hall–Kier alpha value is -2.58. The van der Waals surface area contributed by atoms with Gasteiger partial charge in [-0.25, -0.2) is 4.98 Å². The molecule has 100 valence electrons. The number of nitrogens with zero attached hydrogens (tertiary/aromatic N) is 2. The molecular formula is C15H14N4O. The normalized spacial score (nSPS) is 12.8. The first-order chi connectivity index (χ1) is 9.81. The van der Waals surface area contributed by atoms with Gasteiger partial charge in [0, 0.05) is 13.1 Å². The summed E-state index contributed by atoms with van der Waals surface area (Å²) in [5.41, 5.74) is 3.50.